The Morgan fingerprint density at radius 2 is 1.88 bits per heavy atom. The number of hydrogen-bond acceptors (Lipinski definition) is 4. The minimum absolute atomic E-state index is 0.0366. The molecule has 4 atom stereocenters. The second-order valence-corrected chi connectivity index (χ2v) is 9.51. The van der Waals surface area contributed by atoms with Crippen molar-refractivity contribution in [2.45, 2.75) is 51.1 Å². The summed E-state index contributed by atoms with van der Waals surface area (Å²) in [6.07, 6.45) is 0.973. The highest BCUT2D eigenvalue weighted by Gasteiger charge is 2.52. The van der Waals surface area contributed by atoms with Gasteiger partial charge < -0.3 is 14.7 Å². The van der Waals surface area contributed by atoms with Crippen LogP contribution in [-0.2, 0) is 14.3 Å². The van der Waals surface area contributed by atoms with Crippen molar-refractivity contribution < 1.29 is 19.4 Å². The molecule has 0 saturated carbocycles. The second kappa shape index (κ2) is 10.2. The molecule has 0 spiro atoms. The third-order valence-electron chi connectivity index (χ3n) is 6.43. The average Bonchev–Trinajstić information content (AvgIpc) is 2.78. The molecule has 0 bridgehead atoms. The number of rotatable bonds is 7. The molecule has 2 aromatic rings. The van der Waals surface area contributed by atoms with Crippen LogP contribution in [0.2, 0.25) is 10.0 Å². The number of nitrogens with zero attached hydrogens (tertiary/aromatic N) is 1. The number of carbonyl (C=O) groups is 2. The van der Waals surface area contributed by atoms with Crippen molar-refractivity contribution in [3.05, 3.63) is 69.7 Å². The van der Waals surface area contributed by atoms with Crippen molar-refractivity contribution in [1.29, 1.82) is 0 Å². The van der Waals surface area contributed by atoms with Crippen molar-refractivity contribution in [1.82, 2.24) is 4.90 Å². The molecule has 1 N–H and O–H groups in total. The molecule has 1 aliphatic rings. The summed E-state index contributed by atoms with van der Waals surface area (Å²) >= 11 is 12.5. The summed E-state index contributed by atoms with van der Waals surface area (Å²) in [5.74, 6) is -0.752. The Balaban J connectivity index is 2.21. The number of methoxy groups -OCH3 is 1. The van der Waals surface area contributed by atoms with Gasteiger partial charge in [-0.25, -0.2) is 0 Å². The van der Waals surface area contributed by atoms with E-state index in [9.17, 15) is 14.7 Å². The first kappa shape index (κ1) is 24.6. The summed E-state index contributed by atoms with van der Waals surface area (Å²) in [5, 5.41) is 11.4. The number of likely N-dealkylation sites (tertiary alicyclic amines) is 1. The van der Waals surface area contributed by atoms with Crippen LogP contribution < -0.4 is 0 Å². The van der Waals surface area contributed by atoms with Gasteiger partial charge in [0.1, 0.15) is 0 Å². The molecule has 32 heavy (non-hydrogen) atoms. The van der Waals surface area contributed by atoms with Crippen LogP contribution in [0.25, 0.3) is 0 Å². The predicted octanol–water partition coefficient (Wildman–Crippen LogP) is 5.39. The smallest absolute Gasteiger partial charge is 0.306 e. The first-order valence-corrected chi connectivity index (χ1v) is 11.5. The summed E-state index contributed by atoms with van der Waals surface area (Å²) in [5.41, 5.74) is 0.907. The Kier molecular flexibility index (Phi) is 7.86. The molecule has 2 aromatic carbocycles. The molecule has 172 valence electrons. The van der Waals surface area contributed by atoms with E-state index in [0.29, 0.717) is 22.9 Å². The number of carbonyl (C=O) groups excluding carboxylic acids is 2. The zero-order valence-corrected chi connectivity index (χ0v) is 20.1. The van der Waals surface area contributed by atoms with Crippen LogP contribution in [0.4, 0.5) is 0 Å². The van der Waals surface area contributed by atoms with Gasteiger partial charge in [0, 0.05) is 16.0 Å². The molecule has 1 saturated heterocycles. The SMILES string of the molecule is CC[C@@H](CO)N1C(=O)[C@](C)(CC(=O)OC)C[C@H](c2cccc(Cl)c2)[C@H]1c1ccc(Cl)cc1. The van der Waals surface area contributed by atoms with E-state index >= 15 is 0 Å². The number of amides is 1. The summed E-state index contributed by atoms with van der Waals surface area (Å²) in [4.78, 5) is 27.9. The lowest BCUT2D eigenvalue weighted by atomic mass is 9.67. The highest BCUT2D eigenvalue weighted by Crippen LogP contribution is 2.52. The number of aliphatic hydroxyl groups excluding tert-OH is 1. The first-order chi connectivity index (χ1) is 15.2. The van der Waals surface area contributed by atoms with E-state index in [4.69, 9.17) is 27.9 Å². The number of halogens is 2. The van der Waals surface area contributed by atoms with Crippen molar-refractivity contribution in [2.24, 2.45) is 5.41 Å². The lowest BCUT2D eigenvalue weighted by molar-refractivity contribution is -0.162. The Morgan fingerprint density at radius 3 is 2.44 bits per heavy atom. The molecular formula is C25H29Cl2NO4. The van der Waals surface area contributed by atoms with Gasteiger partial charge in [0.2, 0.25) is 5.91 Å². The van der Waals surface area contributed by atoms with Gasteiger partial charge in [-0.2, -0.15) is 0 Å². The van der Waals surface area contributed by atoms with Crippen molar-refractivity contribution in [3.63, 3.8) is 0 Å². The van der Waals surface area contributed by atoms with E-state index in [0.717, 1.165) is 11.1 Å². The molecule has 1 amide bonds. The summed E-state index contributed by atoms with van der Waals surface area (Å²) in [6, 6.07) is 14.3. The Bertz CT molecular complexity index is 961. The standard InChI is InChI=1S/C25H29Cl2NO4/c1-4-20(15-29)28-23(16-8-10-18(26)11-9-16)21(17-6-5-7-19(27)12-17)13-25(2,24(28)31)14-22(30)32-3/h5-12,20-21,23,29H,4,13-15H2,1-3H3/t20-,21+,23+,25-/m0/s1. The zero-order chi connectivity index (χ0) is 23.5. The Labute approximate surface area is 199 Å². The maximum atomic E-state index is 13.9. The summed E-state index contributed by atoms with van der Waals surface area (Å²) in [7, 11) is 1.32. The fourth-order valence-electron chi connectivity index (χ4n) is 4.75. The minimum Gasteiger partial charge on any atom is -0.469 e. The number of aliphatic hydroxyl groups is 1. The molecule has 1 heterocycles. The zero-order valence-electron chi connectivity index (χ0n) is 18.6. The normalized spacial score (nSPS) is 24.3. The van der Waals surface area contributed by atoms with Gasteiger partial charge in [-0.15, -0.1) is 0 Å². The first-order valence-electron chi connectivity index (χ1n) is 10.8. The van der Waals surface area contributed by atoms with E-state index in [2.05, 4.69) is 0 Å². The van der Waals surface area contributed by atoms with Crippen LogP contribution >= 0.6 is 23.2 Å². The summed E-state index contributed by atoms with van der Waals surface area (Å²) < 4.78 is 4.90. The highest BCUT2D eigenvalue weighted by atomic mass is 35.5. The van der Waals surface area contributed by atoms with Crippen molar-refractivity contribution in [2.75, 3.05) is 13.7 Å². The van der Waals surface area contributed by atoms with Crippen LogP contribution in [0.15, 0.2) is 48.5 Å². The van der Waals surface area contributed by atoms with Crippen LogP contribution in [-0.4, -0.2) is 41.6 Å². The Hall–Kier alpha value is -2.08. The topological polar surface area (TPSA) is 66.8 Å². The molecule has 1 fully saturated rings. The molecule has 0 aliphatic carbocycles. The van der Waals surface area contributed by atoms with Gasteiger partial charge in [0.15, 0.2) is 0 Å². The maximum Gasteiger partial charge on any atom is 0.306 e. The molecule has 5 nitrogen and oxygen atoms in total. The van der Waals surface area contributed by atoms with Gasteiger partial charge in [-0.3, -0.25) is 9.59 Å². The van der Waals surface area contributed by atoms with Crippen LogP contribution in [0.1, 0.15) is 56.2 Å². The third-order valence-corrected chi connectivity index (χ3v) is 6.92. The van der Waals surface area contributed by atoms with Crippen LogP contribution in [0.5, 0.6) is 0 Å². The summed E-state index contributed by atoms with van der Waals surface area (Å²) in [6.45, 7) is 3.57. The molecule has 0 aromatic heterocycles. The largest absolute Gasteiger partial charge is 0.469 e. The van der Waals surface area contributed by atoms with E-state index in [-0.39, 0.29) is 30.9 Å². The van der Waals surface area contributed by atoms with Crippen molar-refractivity contribution >= 4 is 35.1 Å². The fourth-order valence-corrected chi connectivity index (χ4v) is 5.08. The quantitative estimate of drug-likeness (QED) is 0.542. The van der Waals surface area contributed by atoms with Crippen LogP contribution in [0.3, 0.4) is 0 Å². The molecule has 1 aliphatic heterocycles. The number of piperidine rings is 1. The lowest BCUT2D eigenvalue weighted by Crippen LogP contribution is -2.56. The van der Waals surface area contributed by atoms with E-state index < -0.39 is 17.4 Å². The predicted molar refractivity (Wildman–Crippen MR) is 126 cm³/mol. The molecule has 3 rings (SSSR count). The maximum absolute atomic E-state index is 13.9. The van der Waals surface area contributed by atoms with E-state index in [1.54, 1.807) is 24.0 Å². The number of hydrogen-bond donors (Lipinski definition) is 1. The van der Waals surface area contributed by atoms with Gasteiger partial charge in [0.25, 0.3) is 0 Å². The molecule has 7 heteroatoms. The average molecular weight is 478 g/mol. The molecular weight excluding hydrogens is 449 g/mol. The monoisotopic (exact) mass is 477 g/mol. The molecule has 0 radical (unpaired) electrons. The number of ether oxygens (including phenoxy) is 1. The fraction of sp³-hybridized carbons (Fsp3) is 0.440. The highest BCUT2D eigenvalue weighted by molar-refractivity contribution is 6.30. The van der Waals surface area contributed by atoms with E-state index in [1.807, 2.05) is 43.3 Å². The lowest BCUT2D eigenvalue weighted by Gasteiger charge is -2.51. The number of esters is 1. The second-order valence-electron chi connectivity index (χ2n) is 8.63. The van der Waals surface area contributed by atoms with Crippen LogP contribution in [0, 0.1) is 5.41 Å². The van der Waals surface area contributed by atoms with Crippen molar-refractivity contribution in [3.8, 4) is 0 Å². The number of benzene rings is 2. The van der Waals surface area contributed by atoms with Gasteiger partial charge >= 0.3 is 5.97 Å². The third kappa shape index (κ3) is 4.95. The Morgan fingerprint density at radius 1 is 1.19 bits per heavy atom. The van der Waals surface area contributed by atoms with Gasteiger partial charge in [-0.05, 0) is 48.2 Å². The minimum atomic E-state index is -0.981. The molecule has 0 unspecified atom stereocenters. The van der Waals surface area contributed by atoms with E-state index in [1.165, 1.54) is 7.11 Å². The van der Waals surface area contributed by atoms with Gasteiger partial charge in [-0.1, -0.05) is 61.3 Å². The van der Waals surface area contributed by atoms with Gasteiger partial charge in [0.05, 0.1) is 37.6 Å².